The first kappa shape index (κ1) is 19.7. The van der Waals surface area contributed by atoms with Gasteiger partial charge in [0.25, 0.3) is 0 Å². The van der Waals surface area contributed by atoms with E-state index in [4.69, 9.17) is 14.7 Å². The van der Waals surface area contributed by atoms with Crippen LogP contribution in [0.3, 0.4) is 0 Å². The monoisotopic (exact) mass is 379 g/mol. The van der Waals surface area contributed by atoms with E-state index in [-0.39, 0.29) is 11.9 Å². The Hall–Kier alpha value is -3.04. The normalized spacial score (nSPS) is 16.1. The Morgan fingerprint density at radius 2 is 2.04 bits per heavy atom. The number of nitrogens with one attached hydrogen (secondary N) is 1. The van der Waals surface area contributed by atoms with Crippen molar-refractivity contribution in [2.75, 3.05) is 25.2 Å². The lowest BCUT2D eigenvalue weighted by Crippen LogP contribution is -2.37. The van der Waals surface area contributed by atoms with Crippen molar-refractivity contribution in [3.63, 3.8) is 0 Å². The Labute approximate surface area is 165 Å². The Kier molecular flexibility index (Phi) is 6.88. The number of unbranched alkanes of at least 4 members (excludes halogenated alkanes) is 1. The summed E-state index contributed by atoms with van der Waals surface area (Å²) in [4.78, 5) is 14.5. The van der Waals surface area contributed by atoms with Crippen LogP contribution in [-0.4, -0.2) is 32.2 Å². The van der Waals surface area contributed by atoms with Crippen LogP contribution in [-0.2, 0) is 11.3 Å². The van der Waals surface area contributed by atoms with Crippen molar-refractivity contribution in [2.24, 2.45) is 0 Å². The van der Waals surface area contributed by atoms with Gasteiger partial charge in [0, 0.05) is 25.2 Å². The molecule has 3 rings (SSSR count). The van der Waals surface area contributed by atoms with Gasteiger partial charge in [-0.1, -0.05) is 24.3 Å². The van der Waals surface area contributed by atoms with Gasteiger partial charge in [0.05, 0.1) is 25.8 Å². The maximum Gasteiger partial charge on any atom is 0.244 e. The van der Waals surface area contributed by atoms with E-state index in [9.17, 15) is 4.79 Å². The molecule has 0 saturated carbocycles. The maximum atomic E-state index is 12.7. The molecule has 1 aliphatic rings. The first-order valence-electron chi connectivity index (χ1n) is 9.49. The lowest BCUT2D eigenvalue weighted by Gasteiger charge is -2.17. The average Bonchev–Trinajstić information content (AvgIpc) is 3.11. The topological polar surface area (TPSA) is 74.6 Å². The minimum absolute atomic E-state index is 0.104. The van der Waals surface area contributed by atoms with Crippen LogP contribution >= 0.6 is 0 Å². The quantitative estimate of drug-likeness (QED) is 0.677. The molecule has 1 aliphatic heterocycles. The highest BCUT2D eigenvalue weighted by atomic mass is 16.5. The summed E-state index contributed by atoms with van der Waals surface area (Å²) in [5.41, 5.74) is 1.95. The largest absolute Gasteiger partial charge is 0.493 e. The highest BCUT2D eigenvalue weighted by Crippen LogP contribution is 2.28. The minimum Gasteiger partial charge on any atom is -0.493 e. The summed E-state index contributed by atoms with van der Waals surface area (Å²) >= 11 is 0. The van der Waals surface area contributed by atoms with Crippen molar-refractivity contribution in [1.29, 1.82) is 5.26 Å². The molecule has 0 bridgehead atoms. The molecule has 2 aromatic carbocycles. The summed E-state index contributed by atoms with van der Waals surface area (Å²) in [6, 6.07) is 17.4. The number of hydrogen-bond donors (Lipinski definition) is 1. The molecule has 1 unspecified atom stereocenters. The Bertz CT molecular complexity index is 833. The number of amides is 1. The van der Waals surface area contributed by atoms with Crippen LogP contribution < -0.4 is 19.7 Å². The second-order valence-electron chi connectivity index (χ2n) is 6.64. The number of anilines is 1. The van der Waals surface area contributed by atoms with Crippen LogP contribution in [0.5, 0.6) is 11.5 Å². The molecule has 1 heterocycles. The molecular formula is C22H25N3O3. The Morgan fingerprint density at radius 3 is 2.79 bits per heavy atom. The second-order valence-corrected chi connectivity index (χ2v) is 6.64. The molecule has 0 aliphatic carbocycles. The van der Waals surface area contributed by atoms with E-state index in [0.717, 1.165) is 24.2 Å². The van der Waals surface area contributed by atoms with Gasteiger partial charge < -0.3 is 19.7 Å². The molecule has 0 radical (unpaired) electrons. The number of ether oxygens (including phenoxy) is 2. The summed E-state index contributed by atoms with van der Waals surface area (Å²) in [5.74, 6) is 1.42. The number of benzene rings is 2. The number of nitrogens with zero attached hydrogens (tertiary/aromatic N) is 2. The predicted molar refractivity (Wildman–Crippen MR) is 107 cm³/mol. The van der Waals surface area contributed by atoms with Crippen molar-refractivity contribution < 1.29 is 14.3 Å². The first-order chi connectivity index (χ1) is 13.7. The first-order valence-corrected chi connectivity index (χ1v) is 9.49. The van der Waals surface area contributed by atoms with E-state index < -0.39 is 0 Å². The maximum absolute atomic E-state index is 12.7. The van der Waals surface area contributed by atoms with Crippen molar-refractivity contribution in [2.45, 2.75) is 31.8 Å². The van der Waals surface area contributed by atoms with Gasteiger partial charge in [-0.2, -0.15) is 5.26 Å². The summed E-state index contributed by atoms with van der Waals surface area (Å²) in [7, 11) is 1.60. The van der Waals surface area contributed by atoms with Gasteiger partial charge in [0.15, 0.2) is 11.5 Å². The average molecular weight is 379 g/mol. The van der Waals surface area contributed by atoms with Gasteiger partial charge in [-0.05, 0) is 42.7 Å². The van der Waals surface area contributed by atoms with Gasteiger partial charge in [-0.3, -0.25) is 4.79 Å². The van der Waals surface area contributed by atoms with E-state index in [1.165, 1.54) is 0 Å². The predicted octanol–water partition coefficient (Wildman–Crippen LogP) is 3.27. The van der Waals surface area contributed by atoms with Crippen LogP contribution in [0.2, 0.25) is 0 Å². The highest BCUT2D eigenvalue weighted by Gasteiger charge is 2.31. The van der Waals surface area contributed by atoms with Crippen molar-refractivity contribution in [3.05, 3.63) is 54.1 Å². The summed E-state index contributed by atoms with van der Waals surface area (Å²) in [5, 5.41) is 12.0. The molecule has 6 heteroatoms. The number of carbonyl (C=O) groups is 1. The molecule has 6 nitrogen and oxygen atoms in total. The number of nitriles is 1. The Morgan fingerprint density at radius 1 is 1.21 bits per heavy atom. The van der Waals surface area contributed by atoms with E-state index >= 15 is 0 Å². The second kappa shape index (κ2) is 9.77. The standard InChI is InChI=1S/C22H25N3O3/c1-27-20-10-9-17(15-21(20)28-14-6-5-12-23)16-24-19-11-13-25(22(19)26)18-7-3-2-4-8-18/h2-4,7-10,15,19,24H,5-6,11,13-14,16H2,1H3. The van der Waals surface area contributed by atoms with Crippen molar-refractivity contribution >= 4 is 11.6 Å². The summed E-state index contributed by atoms with van der Waals surface area (Å²) in [6.07, 6.45) is 1.92. The van der Waals surface area contributed by atoms with E-state index in [0.29, 0.717) is 37.5 Å². The van der Waals surface area contributed by atoms with E-state index in [1.54, 1.807) is 7.11 Å². The highest BCUT2D eigenvalue weighted by molar-refractivity contribution is 5.99. The number of carbonyl (C=O) groups excluding carboxylic acids is 1. The molecule has 1 fully saturated rings. The van der Waals surface area contributed by atoms with Crippen LogP contribution in [0.4, 0.5) is 5.69 Å². The number of hydrogen-bond acceptors (Lipinski definition) is 5. The van der Waals surface area contributed by atoms with Gasteiger partial charge >= 0.3 is 0 Å². The van der Waals surface area contributed by atoms with Crippen molar-refractivity contribution in [3.8, 4) is 17.6 Å². The summed E-state index contributed by atoms with van der Waals surface area (Å²) in [6.45, 7) is 1.75. The zero-order chi connectivity index (χ0) is 19.8. The molecule has 146 valence electrons. The molecule has 1 atom stereocenters. The summed E-state index contributed by atoms with van der Waals surface area (Å²) < 4.78 is 11.1. The zero-order valence-corrected chi connectivity index (χ0v) is 16.1. The molecule has 1 amide bonds. The molecule has 0 aromatic heterocycles. The number of methoxy groups -OCH3 is 1. The van der Waals surface area contributed by atoms with Crippen LogP contribution in [0, 0.1) is 11.3 Å². The third kappa shape index (κ3) is 4.81. The van der Waals surface area contributed by atoms with E-state index in [1.807, 2.05) is 53.4 Å². The lowest BCUT2D eigenvalue weighted by molar-refractivity contribution is -0.118. The fourth-order valence-corrected chi connectivity index (χ4v) is 3.25. The molecule has 0 spiro atoms. The fourth-order valence-electron chi connectivity index (χ4n) is 3.25. The van der Waals surface area contributed by atoms with Crippen LogP contribution in [0.1, 0.15) is 24.8 Å². The molecular weight excluding hydrogens is 354 g/mol. The molecule has 28 heavy (non-hydrogen) atoms. The van der Waals surface area contributed by atoms with Gasteiger partial charge in [-0.25, -0.2) is 0 Å². The number of para-hydroxylation sites is 1. The fraction of sp³-hybridized carbons (Fsp3) is 0.364. The van der Waals surface area contributed by atoms with Gasteiger partial charge in [-0.15, -0.1) is 0 Å². The minimum atomic E-state index is -0.192. The van der Waals surface area contributed by atoms with Crippen LogP contribution in [0.25, 0.3) is 0 Å². The van der Waals surface area contributed by atoms with Crippen molar-refractivity contribution in [1.82, 2.24) is 5.32 Å². The van der Waals surface area contributed by atoms with Gasteiger partial charge in [0.2, 0.25) is 5.91 Å². The van der Waals surface area contributed by atoms with E-state index in [2.05, 4.69) is 11.4 Å². The Balaban J connectivity index is 1.58. The molecule has 1 saturated heterocycles. The smallest absolute Gasteiger partial charge is 0.244 e. The third-order valence-corrected chi connectivity index (χ3v) is 4.74. The molecule has 1 N–H and O–H groups in total. The third-order valence-electron chi connectivity index (χ3n) is 4.74. The SMILES string of the molecule is COc1ccc(CNC2CCN(c3ccccc3)C2=O)cc1OCCCC#N. The molecule has 2 aromatic rings. The van der Waals surface area contributed by atoms with Crippen LogP contribution in [0.15, 0.2) is 48.5 Å². The zero-order valence-electron chi connectivity index (χ0n) is 16.1. The lowest BCUT2D eigenvalue weighted by atomic mass is 10.1. The number of rotatable bonds is 9. The van der Waals surface area contributed by atoms with Gasteiger partial charge in [0.1, 0.15) is 0 Å².